The normalized spacial score (nSPS) is 9.75. The van der Waals surface area contributed by atoms with Gasteiger partial charge in [0.05, 0.1) is 17.3 Å². The summed E-state index contributed by atoms with van der Waals surface area (Å²) in [7, 11) is 0. The van der Waals surface area contributed by atoms with Gasteiger partial charge in [-0.1, -0.05) is 0 Å². The van der Waals surface area contributed by atoms with Crippen molar-refractivity contribution in [2.75, 3.05) is 0 Å². The van der Waals surface area contributed by atoms with Crippen molar-refractivity contribution in [3.05, 3.63) is 22.6 Å². The van der Waals surface area contributed by atoms with Crippen LogP contribution in [-0.2, 0) is 6.61 Å². The van der Waals surface area contributed by atoms with E-state index in [0.29, 0.717) is 0 Å². The van der Waals surface area contributed by atoms with Gasteiger partial charge in [-0.15, -0.1) is 0 Å². The van der Waals surface area contributed by atoms with Crippen LogP contribution in [0.15, 0.2) is 21.4 Å². The molecule has 3 heteroatoms. The van der Waals surface area contributed by atoms with Crippen LogP contribution < -0.4 is 0 Å². The number of hydrogen-bond acceptors (Lipinski definition) is 2. The monoisotopic (exact) mass is 176 g/mol. The summed E-state index contributed by atoms with van der Waals surface area (Å²) in [6.07, 6.45) is 3.04. The zero-order valence-corrected chi connectivity index (χ0v) is 5.68. The fourth-order valence-corrected chi connectivity index (χ4v) is 0.747. The summed E-state index contributed by atoms with van der Waals surface area (Å²) < 4.78 is 5.55. The second-order valence-corrected chi connectivity index (χ2v) is 2.26. The summed E-state index contributed by atoms with van der Waals surface area (Å²) in [5, 5.41) is 8.52. The number of hydrogen-bond donors (Lipinski definition) is 1. The average molecular weight is 177 g/mol. The van der Waals surface area contributed by atoms with Crippen molar-refractivity contribution in [1.82, 2.24) is 0 Å². The molecule has 0 amide bonds. The molecule has 0 fully saturated rings. The Labute approximate surface area is 55.3 Å². The Balaban J connectivity index is 2.92. The zero-order valence-electron chi connectivity index (χ0n) is 4.10. The van der Waals surface area contributed by atoms with Gasteiger partial charge in [-0.25, -0.2) is 0 Å². The Morgan fingerprint density at radius 1 is 1.62 bits per heavy atom. The lowest BCUT2D eigenvalue weighted by molar-refractivity contribution is 0.280. The van der Waals surface area contributed by atoms with Crippen molar-refractivity contribution in [3.63, 3.8) is 0 Å². The van der Waals surface area contributed by atoms with Crippen LogP contribution in [0.25, 0.3) is 0 Å². The third-order valence-corrected chi connectivity index (χ3v) is 1.56. The fraction of sp³-hybridized carbons (Fsp3) is 0.200. The first-order chi connectivity index (χ1) is 3.84. The van der Waals surface area contributed by atoms with Crippen LogP contribution in [0.3, 0.4) is 0 Å². The van der Waals surface area contributed by atoms with Gasteiger partial charge in [0.15, 0.2) is 0 Å². The summed E-state index contributed by atoms with van der Waals surface area (Å²) in [6.45, 7) is 0.0249. The minimum absolute atomic E-state index is 0.0249. The molecule has 0 unspecified atom stereocenters. The third kappa shape index (κ3) is 0.928. The van der Waals surface area contributed by atoms with E-state index in [1.54, 1.807) is 0 Å². The van der Waals surface area contributed by atoms with E-state index < -0.39 is 0 Å². The largest absolute Gasteiger partial charge is 0.471 e. The molecular weight excluding hydrogens is 172 g/mol. The van der Waals surface area contributed by atoms with Crippen LogP contribution in [-0.4, -0.2) is 5.11 Å². The quantitative estimate of drug-likeness (QED) is 0.705. The molecule has 0 bridgehead atoms. The second-order valence-electron chi connectivity index (χ2n) is 1.40. The molecule has 0 saturated heterocycles. The third-order valence-electron chi connectivity index (χ3n) is 0.859. The van der Waals surface area contributed by atoms with Gasteiger partial charge < -0.3 is 9.52 Å². The van der Waals surface area contributed by atoms with Gasteiger partial charge in [0.2, 0.25) is 0 Å². The Bertz CT molecular complexity index is 171. The molecule has 1 N–H and O–H groups in total. The molecule has 0 radical (unpaired) electrons. The minimum Gasteiger partial charge on any atom is -0.471 e. The molecule has 0 aromatic carbocycles. The van der Waals surface area contributed by atoms with E-state index in [0.717, 1.165) is 10.0 Å². The molecule has 0 spiro atoms. The zero-order chi connectivity index (χ0) is 5.98. The van der Waals surface area contributed by atoms with Gasteiger partial charge >= 0.3 is 0 Å². The van der Waals surface area contributed by atoms with Gasteiger partial charge in [0.25, 0.3) is 0 Å². The number of halogens is 1. The average Bonchev–Trinajstić information content (AvgIpc) is 2.14. The highest BCUT2D eigenvalue weighted by molar-refractivity contribution is 9.10. The topological polar surface area (TPSA) is 33.4 Å². The highest BCUT2D eigenvalue weighted by Crippen LogP contribution is 2.16. The Morgan fingerprint density at radius 3 is 2.62 bits per heavy atom. The maximum absolute atomic E-state index is 8.52. The number of furan rings is 1. The molecule has 1 rings (SSSR count). The lowest BCUT2D eigenvalue weighted by Gasteiger charge is -1.83. The Hall–Kier alpha value is -0.280. The van der Waals surface area contributed by atoms with Crippen LogP contribution in [0.1, 0.15) is 5.56 Å². The van der Waals surface area contributed by atoms with Crippen LogP contribution >= 0.6 is 15.9 Å². The first-order valence-electron chi connectivity index (χ1n) is 2.16. The van der Waals surface area contributed by atoms with Crippen molar-refractivity contribution < 1.29 is 9.52 Å². The summed E-state index contributed by atoms with van der Waals surface area (Å²) in [5.74, 6) is 0. The van der Waals surface area contributed by atoms with E-state index in [9.17, 15) is 0 Å². The highest BCUT2D eigenvalue weighted by atomic mass is 79.9. The van der Waals surface area contributed by atoms with E-state index >= 15 is 0 Å². The molecule has 2 nitrogen and oxygen atoms in total. The maximum atomic E-state index is 8.52. The molecule has 0 aliphatic rings. The molecule has 0 atom stereocenters. The molecule has 44 valence electrons. The van der Waals surface area contributed by atoms with Gasteiger partial charge in [0, 0.05) is 5.56 Å². The standard InChI is InChI=1S/C5H5BrO2/c6-5-3-8-2-4(5)1-7/h2-3,7H,1H2. The van der Waals surface area contributed by atoms with Crippen molar-refractivity contribution in [3.8, 4) is 0 Å². The second kappa shape index (κ2) is 2.33. The lowest BCUT2D eigenvalue weighted by Crippen LogP contribution is -1.75. The summed E-state index contributed by atoms with van der Waals surface area (Å²) in [6, 6.07) is 0. The minimum atomic E-state index is 0.0249. The number of aliphatic hydroxyl groups is 1. The summed E-state index contributed by atoms with van der Waals surface area (Å²) in [4.78, 5) is 0. The van der Waals surface area contributed by atoms with Gasteiger partial charge in [-0.2, -0.15) is 0 Å². The fourth-order valence-electron chi connectivity index (χ4n) is 0.421. The lowest BCUT2D eigenvalue weighted by atomic mass is 10.4. The molecule has 1 aromatic heterocycles. The van der Waals surface area contributed by atoms with E-state index in [4.69, 9.17) is 9.52 Å². The van der Waals surface area contributed by atoms with Gasteiger partial charge in [0.1, 0.15) is 6.26 Å². The summed E-state index contributed by atoms with van der Waals surface area (Å²) in [5.41, 5.74) is 0.782. The SMILES string of the molecule is OCc1cocc1Br. The predicted molar refractivity (Wildman–Crippen MR) is 32.3 cm³/mol. The predicted octanol–water partition coefficient (Wildman–Crippen LogP) is 1.53. The van der Waals surface area contributed by atoms with Gasteiger partial charge in [-0.3, -0.25) is 0 Å². The van der Waals surface area contributed by atoms with E-state index in [1.807, 2.05) is 0 Å². The van der Waals surface area contributed by atoms with Crippen molar-refractivity contribution in [2.45, 2.75) is 6.61 Å². The molecule has 0 aliphatic carbocycles. The molecular formula is C5H5BrO2. The van der Waals surface area contributed by atoms with Crippen LogP contribution in [0.4, 0.5) is 0 Å². The van der Waals surface area contributed by atoms with Crippen LogP contribution in [0.2, 0.25) is 0 Å². The first-order valence-corrected chi connectivity index (χ1v) is 2.95. The number of aliphatic hydroxyl groups excluding tert-OH is 1. The Morgan fingerprint density at radius 2 is 2.38 bits per heavy atom. The van der Waals surface area contributed by atoms with Crippen molar-refractivity contribution in [1.29, 1.82) is 0 Å². The van der Waals surface area contributed by atoms with E-state index in [-0.39, 0.29) is 6.61 Å². The van der Waals surface area contributed by atoms with Crippen molar-refractivity contribution >= 4 is 15.9 Å². The number of rotatable bonds is 1. The van der Waals surface area contributed by atoms with Crippen LogP contribution in [0, 0.1) is 0 Å². The molecule has 1 aromatic rings. The van der Waals surface area contributed by atoms with E-state index in [1.165, 1.54) is 12.5 Å². The molecule has 1 heterocycles. The molecule has 0 aliphatic heterocycles. The first kappa shape index (κ1) is 5.85. The smallest absolute Gasteiger partial charge is 0.105 e. The van der Waals surface area contributed by atoms with Crippen LogP contribution in [0.5, 0.6) is 0 Å². The Kier molecular flexibility index (Phi) is 1.70. The molecule has 8 heavy (non-hydrogen) atoms. The molecule has 0 saturated carbocycles. The summed E-state index contributed by atoms with van der Waals surface area (Å²) >= 11 is 3.17. The van der Waals surface area contributed by atoms with Gasteiger partial charge in [-0.05, 0) is 15.9 Å². The maximum Gasteiger partial charge on any atom is 0.105 e. The van der Waals surface area contributed by atoms with Crippen molar-refractivity contribution in [2.24, 2.45) is 0 Å². The highest BCUT2D eigenvalue weighted by Gasteiger charge is 1.97. The van der Waals surface area contributed by atoms with E-state index in [2.05, 4.69) is 15.9 Å².